The zero-order chi connectivity index (χ0) is 23.7. The number of ketones is 1. The van der Waals surface area contributed by atoms with Crippen LogP contribution in [0.25, 0.3) is 5.69 Å². The number of hydrogen-bond acceptors (Lipinski definition) is 5. The summed E-state index contributed by atoms with van der Waals surface area (Å²) in [6, 6.07) is 24.6. The molecule has 1 heterocycles. The molecule has 0 aliphatic heterocycles. The Labute approximate surface area is 205 Å². The number of Topliss-reactive ketones (excluding diaryl/α,β-unsaturated/α-hetero) is 1. The second-order valence-corrected chi connectivity index (χ2v) is 9.18. The van der Waals surface area contributed by atoms with Crippen LogP contribution < -0.4 is 0 Å². The summed E-state index contributed by atoms with van der Waals surface area (Å²) >= 11 is 3.45. The molecule has 1 aromatic heterocycles. The van der Waals surface area contributed by atoms with Crippen LogP contribution in [0.5, 0.6) is 0 Å². The van der Waals surface area contributed by atoms with Gasteiger partial charge in [-0.3, -0.25) is 9.59 Å². The first-order valence-electron chi connectivity index (χ1n) is 11.1. The first kappa shape index (κ1) is 22.2. The molecule has 1 aliphatic rings. The highest BCUT2D eigenvalue weighted by molar-refractivity contribution is 9.10. The zero-order valence-electron chi connectivity index (χ0n) is 18.5. The molecular weight excluding hydrogens is 494 g/mol. The number of nitrogens with zero attached hydrogens (tertiary/aromatic N) is 3. The monoisotopic (exact) mass is 515 g/mol. The van der Waals surface area contributed by atoms with Crippen molar-refractivity contribution in [1.82, 2.24) is 15.0 Å². The smallest absolute Gasteiger partial charge is 0.321 e. The van der Waals surface area contributed by atoms with Crippen LogP contribution in [0.2, 0.25) is 0 Å². The van der Waals surface area contributed by atoms with E-state index in [0.29, 0.717) is 11.3 Å². The van der Waals surface area contributed by atoms with E-state index in [4.69, 9.17) is 4.74 Å². The Balaban J connectivity index is 1.70. The fraction of sp³-hybridized carbons (Fsp3) is 0.185. The summed E-state index contributed by atoms with van der Waals surface area (Å²) in [7, 11) is 0. The largest absolute Gasteiger partial charge is 0.465 e. The van der Waals surface area contributed by atoms with Gasteiger partial charge in [-0.05, 0) is 48.7 Å². The molecule has 0 bridgehead atoms. The zero-order valence-corrected chi connectivity index (χ0v) is 20.1. The number of halogens is 1. The summed E-state index contributed by atoms with van der Waals surface area (Å²) < 4.78 is 8.15. The highest BCUT2D eigenvalue weighted by Gasteiger charge is 2.59. The molecule has 0 N–H and O–H groups in total. The predicted molar refractivity (Wildman–Crippen MR) is 131 cm³/mol. The molecule has 6 nitrogen and oxygen atoms in total. The van der Waals surface area contributed by atoms with Crippen LogP contribution in [-0.4, -0.2) is 33.4 Å². The molecule has 0 amide bonds. The number of hydrogen-bond donors (Lipinski definition) is 0. The maximum absolute atomic E-state index is 14.0. The first-order valence-corrected chi connectivity index (χ1v) is 11.9. The lowest BCUT2D eigenvalue weighted by atomic mass is 9.67. The van der Waals surface area contributed by atoms with E-state index in [1.54, 1.807) is 23.9 Å². The standard InChI is InChI=1S/C27H22BrN3O3/c1-2-34-26(33)27(16-19-10-6-7-11-22(19)25(27)32)24(18-8-4-3-5-9-18)23-17-31(30-29-23)21-14-12-20(28)13-15-21/h3-15,17,24H,2,16H2,1H3/t24-,27-/m0/s1. The minimum Gasteiger partial charge on any atom is -0.465 e. The van der Waals surface area contributed by atoms with Crippen LogP contribution in [0.3, 0.4) is 0 Å². The molecule has 0 spiro atoms. The lowest BCUT2D eigenvalue weighted by Crippen LogP contribution is -2.44. The molecule has 34 heavy (non-hydrogen) atoms. The molecule has 0 fully saturated rings. The summed E-state index contributed by atoms with van der Waals surface area (Å²) in [4.78, 5) is 27.6. The Hall–Kier alpha value is -3.58. The quantitative estimate of drug-likeness (QED) is 0.262. The molecule has 5 rings (SSSR count). The maximum atomic E-state index is 14.0. The van der Waals surface area contributed by atoms with E-state index in [0.717, 1.165) is 21.3 Å². The van der Waals surface area contributed by atoms with Crippen LogP contribution in [0, 0.1) is 5.41 Å². The molecule has 0 saturated heterocycles. The highest BCUT2D eigenvalue weighted by atomic mass is 79.9. The van der Waals surface area contributed by atoms with Crippen molar-refractivity contribution in [1.29, 1.82) is 0 Å². The molecular formula is C27H22BrN3O3. The number of fused-ring (bicyclic) bond motifs is 1. The van der Waals surface area contributed by atoms with Crippen molar-refractivity contribution in [3.05, 3.63) is 112 Å². The van der Waals surface area contributed by atoms with E-state index < -0.39 is 17.3 Å². The molecule has 4 aromatic rings. The number of aromatic nitrogens is 3. The second-order valence-electron chi connectivity index (χ2n) is 8.26. The van der Waals surface area contributed by atoms with Crippen molar-refractivity contribution in [2.75, 3.05) is 6.61 Å². The lowest BCUT2D eigenvalue weighted by Gasteiger charge is -2.33. The number of esters is 1. The number of carbonyl (C=O) groups is 2. The third kappa shape index (κ3) is 3.66. The van der Waals surface area contributed by atoms with Gasteiger partial charge in [0.2, 0.25) is 0 Å². The normalized spacial score (nSPS) is 17.9. The van der Waals surface area contributed by atoms with E-state index in [9.17, 15) is 9.59 Å². The number of rotatable bonds is 6. The minimum absolute atomic E-state index is 0.178. The Morgan fingerprint density at radius 1 is 1.06 bits per heavy atom. The Kier molecular flexibility index (Phi) is 5.87. The van der Waals surface area contributed by atoms with Crippen molar-refractivity contribution < 1.29 is 14.3 Å². The topological polar surface area (TPSA) is 74.1 Å². The van der Waals surface area contributed by atoms with Crippen LogP contribution in [0.15, 0.2) is 89.5 Å². The summed E-state index contributed by atoms with van der Waals surface area (Å²) in [5, 5.41) is 8.79. The molecule has 1 aliphatic carbocycles. The van der Waals surface area contributed by atoms with Crippen LogP contribution in [-0.2, 0) is 16.0 Å². The maximum Gasteiger partial charge on any atom is 0.321 e. The minimum atomic E-state index is -1.47. The fourth-order valence-corrected chi connectivity index (χ4v) is 5.04. The van der Waals surface area contributed by atoms with E-state index >= 15 is 0 Å². The number of ether oxygens (including phenoxy) is 1. The summed E-state index contributed by atoms with van der Waals surface area (Å²) in [6.45, 7) is 1.93. The second kappa shape index (κ2) is 8.99. The van der Waals surface area contributed by atoms with Gasteiger partial charge in [0.25, 0.3) is 0 Å². The van der Waals surface area contributed by atoms with Gasteiger partial charge in [-0.15, -0.1) is 5.10 Å². The van der Waals surface area contributed by atoms with Crippen molar-refractivity contribution >= 4 is 27.7 Å². The van der Waals surface area contributed by atoms with Gasteiger partial charge in [-0.2, -0.15) is 0 Å². The van der Waals surface area contributed by atoms with E-state index in [1.165, 1.54) is 0 Å². The Bertz CT molecular complexity index is 1350. The van der Waals surface area contributed by atoms with E-state index in [2.05, 4.69) is 26.2 Å². The number of carbonyl (C=O) groups excluding carboxylic acids is 2. The van der Waals surface area contributed by atoms with Crippen LogP contribution in [0.4, 0.5) is 0 Å². The summed E-state index contributed by atoms with van der Waals surface area (Å²) in [6.07, 6.45) is 2.03. The van der Waals surface area contributed by atoms with Gasteiger partial charge in [0.1, 0.15) is 5.41 Å². The molecule has 3 aromatic carbocycles. The SMILES string of the molecule is CCOC(=O)[C@]1([C@@H](c2ccccc2)c2cn(-c3ccc(Br)cc3)nn2)Cc2ccccc2C1=O. The van der Waals surface area contributed by atoms with E-state index in [-0.39, 0.29) is 18.8 Å². The molecule has 0 saturated carbocycles. The van der Waals surface area contributed by atoms with Crippen molar-refractivity contribution in [2.24, 2.45) is 5.41 Å². The molecule has 170 valence electrons. The van der Waals surface area contributed by atoms with Gasteiger partial charge in [-0.1, -0.05) is 75.7 Å². The van der Waals surface area contributed by atoms with Gasteiger partial charge in [0.15, 0.2) is 5.78 Å². The van der Waals surface area contributed by atoms with Gasteiger partial charge < -0.3 is 4.74 Å². The van der Waals surface area contributed by atoms with Gasteiger partial charge >= 0.3 is 5.97 Å². The summed E-state index contributed by atoms with van der Waals surface area (Å²) in [5.74, 6) is -1.45. The van der Waals surface area contributed by atoms with Crippen LogP contribution in [0.1, 0.15) is 40.0 Å². The van der Waals surface area contributed by atoms with Crippen molar-refractivity contribution in [3.63, 3.8) is 0 Å². The average Bonchev–Trinajstić information content (AvgIpc) is 3.45. The van der Waals surface area contributed by atoms with Crippen LogP contribution >= 0.6 is 15.9 Å². The lowest BCUT2D eigenvalue weighted by molar-refractivity contribution is -0.152. The summed E-state index contributed by atoms with van der Waals surface area (Å²) in [5.41, 5.74) is 2.07. The molecule has 7 heteroatoms. The number of benzene rings is 3. The fourth-order valence-electron chi connectivity index (χ4n) is 4.77. The molecule has 0 radical (unpaired) electrons. The Morgan fingerprint density at radius 2 is 1.76 bits per heavy atom. The van der Waals surface area contributed by atoms with Gasteiger partial charge in [0, 0.05) is 10.0 Å². The Morgan fingerprint density at radius 3 is 2.47 bits per heavy atom. The third-order valence-electron chi connectivity index (χ3n) is 6.30. The molecule has 0 unspecified atom stereocenters. The molecule has 2 atom stereocenters. The van der Waals surface area contributed by atoms with E-state index in [1.807, 2.05) is 72.8 Å². The predicted octanol–water partition coefficient (Wildman–Crippen LogP) is 5.15. The van der Waals surface area contributed by atoms with Gasteiger partial charge in [0.05, 0.1) is 30.1 Å². The first-order chi connectivity index (χ1) is 16.5. The highest BCUT2D eigenvalue weighted by Crippen LogP contribution is 2.50. The third-order valence-corrected chi connectivity index (χ3v) is 6.83. The van der Waals surface area contributed by atoms with Crippen molar-refractivity contribution in [2.45, 2.75) is 19.3 Å². The van der Waals surface area contributed by atoms with Gasteiger partial charge in [-0.25, -0.2) is 4.68 Å². The van der Waals surface area contributed by atoms with Crippen molar-refractivity contribution in [3.8, 4) is 5.69 Å². The average molecular weight is 516 g/mol.